The lowest BCUT2D eigenvalue weighted by Gasteiger charge is -2.35. The lowest BCUT2D eigenvalue weighted by Crippen LogP contribution is -2.41. The highest BCUT2D eigenvalue weighted by Crippen LogP contribution is 2.26. The molecular formula is C27H32N2O. The van der Waals surface area contributed by atoms with Gasteiger partial charge in [-0.15, -0.1) is 0 Å². The van der Waals surface area contributed by atoms with Crippen LogP contribution in [0.3, 0.4) is 0 Å². The van der Waals surface area contributed by atoms with E-state index in [1.165, 1.54) is 41.6 Å². The number of aryl methyl sites for hydroxylation is 2. The van der Waals surface area contributed by atoms with Crippen LogP contribution in [0.5, 0.6) is 0 Å². The fourth-order valence-corrected chi connectivity index (χ4v) is 4.51. The van der Waals surface area contributed by atoms with Crippen molar-refractivity contribution in [2.24, 2.45) is 0 Å². The number of carbonyl (C=O) groups is 1. The van der Waals surface area contributed by atoms with E-state index < -0.39 is 0 Å². The van der Waals surface area contributed by atoms with E-state index in [4.69, 9.17) is 0 Å². The third-order valence-electron chi connectivity index (χ3n) is 6.43. The van der Waals surface area contributed by atoms with Crippen molar-refractivity contribution >= 4 is 5.91 Å². The van der Waals surface area contributed by atoms with E-state index in [9.17, 15) is 4.79 Å². The summed E-state index contributed by atoms with van der Waals surface area (Å²) in [5.74, 6) is 0.158. The summed E-state index contributed by atoms with van der Waals surface area (Å²) in [6, 6.07) is 21.1. The molecule has 1 aliphatic carbocycles. The van der Waals surface area contributed by atoms with Crippen LogP contribution in [0.25, 0.3) is 0 Å². The molecule has 156 valence electrons. The van der Waals surface area contributed by atoms with E-state index in [0.717, 1.165) is 24.9 Å². The third kappa shape index (κ3) is 4.67. The Morgan fingerprint density at radius 1 is 0.933 bits per heavy atom. The molecule has 0 saturated heterocycles. The highest BCUT2D eigenvalue weighted by molar-refractivity contribution is 5.94. The van der Waals surface area contributed by atoms with Crippen molar-refractivity contribution < 1.29 is 4.79 Å². The fourth-order valence-electron chi connectivity index (χ4n) is 4.51. The van der Waals surface area contributed by atoms with E-state index in [2.05, 4.69) is 65.9 Å². The minimum absolute atomic E-state index is 0.158. The van der Waals surface area contributed by atoms with Crippen LogP contribution in [0.2, 0.25) is 0 Å². The number of amides is 1. The summed E-state index contributed by atoms with van der Waals surface area (Å²) >= 11 is 0. The van der Waals surface area contributed by atoms with Crippen LogP contribution < -0.4 is 0 Å². The molecule has 3 nitrogen and oxygen atoms in total. The number of hydrogen-bond donors (Lipinski definition) is 0. The first kappa shape index (κ1) is 20.5. The van der Waals surface area contributed by atoms with Crippen molar-refractivity contribution in [3.8, 4) is 0 Å². The van der Waals surface area contributed by atoms with Gasteiger partial charge in [0.1, 0.15) is 0 Å². The second-order valence-corrected chi connectivity index (χ2v) is 8.64. The summed E-state index contributed by atoms with van der Waals surface area (Å²) in [6.45, 7) is 5.72. The molecule has 0 bridgehead atoms. The van der Waals surface area contributed by atoms with E-state index in [1.54, 1.807) is 0 Å². The lowest BCUT2D eigenvalue weighted by atomic mass is 9.93. The maximum atomic E-state index is 13.5. The molecular weight excluding hydrogens is 368 g/mol. The fraction of sp³-hybridized carbons (Fsp3) is 0.370. The van der Waals surface area contributed by atoms with E-state index >= 15 is 0 Å². The normalized spacial score (nSPS) is 14.6. The summed E-state index contributed by atoms with van der Waals surface area (Å²) < 4.78 is 2.29. The number of aromatic nitrogens is 1. The van der Waals surface area contributed by atoms with Gasteiger partial charge in [0.2, 0.25) is 0 Å². The van der Waals surface area contributed by atoms with Gasteiger partial charge in [-0.05, 0) is 62.1 Å². The Kier molecular flexibility index (Phi) is 6.37. The predicted molar refractivity (Wildman–Crippen MR) is 123 cm³/mol. The average Bonchev–Trinajstić information content (AvgIpc) is 3.21. The monoisotopic (exact) mass is 400 g/mol. The number of hydrogen-bond acceptors (Lipinski definition) is 1. The molecule has 1 saturated carbocycles. The van der Waals surface area contributed by atoms with Gasteiger partial charge >= 0.3 is 0 Å². The molecule has 1 amide bonds. The van der Waals surface area contributed by atoms with E-state index in [1.807, 2.05) is 24.3 Å². The zero-order valence-corrected chi connectivity index (χ0v) is 18.2. The lowest BCUT2D eigenvalue weighted by molar-refractivity contribution is 0.0608. The SMILES string of the molecule is Cc1ccc(C(=O)N(Cc2cccn2Cc2ccccc2C)C2CCCCC2)cc1. The molecule has 0 aliphatic heterocycles. The second-order valence-electron chi connectivity index (χ2n) is 8.64. The molecule has 1 aliphatic rings. The van der Waals surface area contributed by atoms with Crippen molar-refractivity contribution in [1.82, 2.24) is 9.47 Å². The van der Waals surface area contributed by atoms with Crippen molar-refractivity contribution in [2.75, 3.05) is 0 Å². The molecule has 0 radical (unpaired) electrons. The van der Waals surface area contributed by atoms with Crippen molar-refractivity contribution in [1.29, 1.82) is 0 Å². The van der Waals surface area contributed by atoms with Gasteiger partial charge in [-0.1, -0.05) is 61.2 Å². The molecule has 0 atom stereocenters. The summed E-state index contributed by atoms with van der Waals surface area (Å²) in [5, 5.41) is 0. The maximum Gasteiger partial charge on any atom is 0.254 e. The highest BCUT2D eigenvalue weighted by Gasteiger charge is 2.27. The standard InChI is InChI=1S/C27H32N2O/c1-21-14-16-23(17-15-21)27(30)29(25-11-4-3-5-12-25)20-26-13-8-18-28(26)19-24-10-7-6-9-22(24)2/h6-10,13-18,25H,3-5,11-12,19-20H2,1-2H3. The van der Waals surface area contributed by atoms with Gasteiger partial charge in [0.05, 0.1) is 6.54 Å². The summed E-state index contributed by atoms with van der Waals surface area (Å²) in [6.07, 6.45) is 8.06. The van der Waals surface area contributed by atoms with Crippen LogP contribution >= 0.6 is 0 Å². The first-order chi connectivity index (χ1) is 14.6. The Labute approximate surface area is 180 Å². The van der Waals surface area contributed by atoms with Crippen LogP contribution in [-0.2, 0) is 13.1 Å². The topological polar surface area (TPSA) is 25.2 Å². The Bertz CT molecular complexity index is 980. The van der Waals surface area contributed by atoms with Crippen LogP contribution in [0.4, 0.5) is 0 Å². The Hall–Kier alpha value is -2.81. The molecule has 1 aromatic heterocycles. The number of rotatable bonds is 6. The summed E-state index contributed by atoms with van der Waals surface area (Å²) in [5.41, 5.74) is 5.80. The highest BCUT2D eigenvalue weighted by atomic mass is 16.2. The third-order valence-corrected chi connectivity index (χ3v) is 6.43. The minimum atomic E-state index is 0.158. The number of benzene rings is 2. The second kappa shape index (κ2) is 9.34. The molecule has 3 aromatic rings. The quantitative estimate of drug-likeness (QED) is 0.489. The Morgan fingerprint density at radius 2 is 1.67 bits per heavy atom. The smallest absolute Gasteiger partial charge is 0.254 e. The minimum Gasteiger partial charge on any atom is -0.345 e. The van der Waals surface area contributed by atoms with E-state index in [-0.39, 0.29) is 5.91 Å². The molecule has 30 heavy (non-hydrogen) atoms. The first-order valence-electron chi connectivity index (χ1n) is 11.2. The van der Waals surface area contributed by atoms with Gasteiger partial charge in [-0.3, -0.25) is 4.79 Å². The molecule has 0 spiro atoms. The predicted octanol–water partition coefficient (Wildman–Crippen LogP) is 6.13. The summed E-state index contributed by atoms with van der Waals surface area (Å²) in [4.78, 5) is 15.7. The Morgan fingerprint density at radius 3 is 2.40 bits per heavy atom. The molecule has 0 unspecified atom stereocenters. The van der Waals surface area contributed by atoms with Gasteiger partial charge in [-0.2, -0.15) is 0 Å². The van der Waals surface area contributed by atoms with Crippen molar-refractivity contribution in [3.63, 3.8) is 0 Å². The zero-order valence-electron chi connectivity index (χ0n) is 18.2. The van der Waals surface area contributed by atoms with Crippen LogP contribution in [-0.4, -0.2) is 21.4 Å². The summed E-state index contributed by atoms with van der Waals surface area (Å²) in [7, 11) is 0. The van der Waals surface area contributed by atoms with Crippen LogP contribution in [0, 0.1) is 13.8 Å². The van der Waals surface area contributed by atoms with Crippen LogP contribution in [0.15, 0.2) is 66.9 Å². The van der Waals surface area contributed by atoms with Gasteiger partial charge in [0.25, 0.3) is 5.91 Å². The van der Waals surface area contributed by atoms with Gasteiger partial charge in [0, 0.05) is 30.0 Å². The maximum absolute atomic E-state index is 13.5. The number of carbonyl (C=O) groups excluding carboxylic acids is 1. The zero-order chi connectivity index (χ0) is 20.9. The molecule has 1 fully saturated rings. The molecule has 3 heteroatoms. The number of nitrogens with zero attached hydrogens (tertiary/aromatic N) is 2. The van der Waals surface area contributed by atoms with Crippen molar-refractivity contribution in [2.45, 2.75) is 65.1 Å². The molecule has 2 aromatic carbocycles. The van der Waals surface area contributed by atoms with Gasteiger partial charge < -0.3 is 9.47 Å². The molecule has 0 N–H and O–H groups in total. The Balaban J connectivity index is 1.59. The van der Waals surface area contributed by atoms with E-state index in [0.29, 0.717) is 12.6 Å². The molecule has 1 heterocycles. The average molecular weight is 401 g/mol. The van der Waals surface area contributed by atoms with Gasteiger partial charge in [-0.25, -0.2) is 0 Å². The largest absolute Gasteiger partial charge is 0.345 e. The first-order valence-corrected chi connectivity index (χ1v) is 11.2. The van der Waals surface area contributed by atoms with Crippen molar-refractivity contribution in [3.05, 3.63) is 94.8 Å². The molecule has 4 rings (SSSR count). The van der Waals surface area contributed by atoms with Crippen LogP contribution in [0.1, 0.15) is 64.8 Å². The van der Waals surface area contributed by atoms with Gasteiger partial charge in [0.15, 0.2) is 0 Å².